The van der Waals surface area contributed by atoms with Gasteiger partial charge < -0.3 is 15.8 Å². The van der Waals surface area contributed by atoms with Crippen molar-refractivity contribution in [2.45, 2.75) is 6.04 Å². The number of nitrogens with one attached hydrogen (secondary N) is 1. The number of fused-ring (bicyclic) bond motifs is 1. The predicted octanol–water partition coefficient (Wildman–Crippen LogP) is 1.17. The van der Waals surface area contributed by atoms with Crippen LogP contribution in [0.15, 0.2) is 39.8 Å². The zero-order valence-electron chi connectivity index (χ0n) is 11.0. The minimum atomic E-state index is -0.208. The Labute approximate surface area is 129 Å². The molecule has 0 saturated carbocycles. The lowest BCUT2D eigenvalue weighted by atomic mass is 9.99. The number of aldehydes is 1. The molecule has 21 heavy (non-hydrogen) atoms. The first-order chi connectivity index (χ1) is 10.2. The van der Waals surface area contributed by atoms with E-state index in [4.69, 9.17) is 5.73 Å². The summed E-state index contributed by atoms with van der Waals surface area (Å²) in [4.78, 5) is 19.2. The molecule has 0 fully saturated rings. The third-order valence-electron chi connectivity index (χ3n) is 3.29. The van der Waals surface area contributed by atoms with Crippen molar-refractivity contribution in [1.29, 1.82) is 0 Å². The monoisotopic (exact) mass is 348 g/mol. The maximum Gasteiger partial charge on any atom is 0.170 e. The van der Waals surface area contributed by atoms with Crippen LogP contribution in [0.4, 0.5) is 11.6 Å². The molecule has 1 aromatic rings. The average molecular weight is 349 g/mol. The summed E-state index contributed by atoms with van der Waals surface area (Å²) in [5.74, 6) is 0.659. The van der Waals surface area contributed by atoms with Gasteiger partial charge in [-0.3, -0.25) is 5.01 Å². The molecule has 3 heterocycles. The first-order valence-corrected chi connectivity index (χ1v) is 7.15. The molecule has 1 aromatic heterocycles. The molecular formula is C13H13BrN6O. The molecule has 0 amide bonds. The largest absolute Gasteiger partial charge is 0.381 e. The van der Waals surface area contributed by atoms with Crippen molar-refractivity contribution in [2.75, 3.05) is 17.6 Å². The van der Waals surface area contributed by atoms with Crippen LogP contribution in [-0.4, -0.2) is 40.1 Å². The highest BCUT2D eigenvalue weighted by atomic mass is 79.9. The van der Waals surface area contributed by atoms with Crippen LogP contribution in [0.25, 0.3) is 0 Å². The van der Waals surface area contributed by atoms with E-state index in [0.717, 1.165) is 11.9 Å². The molecule has 0 aromatic carbocycles. The lowest BCUT2D eigenvalue weighted by molar-refractivity contribution is -0.109. The molecular weight excluding hydrogens is 336 g/mol. The molecule has 108 valence electrons. The molecule has 3 rings (SSSR count). The van der Waals surface area contributed by atoms with Gasteiger partial charge in [0.25, 0.3) is 0 Å². The van der Waals surface area contributed by atoms with Crippen molar-refractivity contribution in [3.63, 3.8) is 0 Å². The number of hydrazone groups is 1. The molecule has 2 aliphatic rings. The Morgan fingerprint density at radius 1 is 1.52 bits per heavy atom. The molecule has 0 spiro atoms. The summed E-state index contributed by atoms with van der Waals surface area (Å²) in [6.45, 7) is 0.543. The van der Waals surface area contributed by atoms with E-state index in [1.165, 1.54) is 0 Å². The average Bonchev–Trinajstić information content (AvgIpc) is 2.90. The Bertz CT molecular complexity index is 648. The quantitative estimate of drug-likeness (QED) is 0.793. The fourth-order valence-electron chi connectivity index (χ4n) is 2.19. The summed E-state index contributed by atoms with van der Waals surface area (Å²) >= 11 is 3.26. The van der Waals surface area contributed by atoms with Gasteiger partial charge in [-0.15, -0.1) is 0 Å². The van der Waals surface area contributed by atoms with Gasteiger partial charge >= 0.3 is 0 Å². The number of hydrogen-bond acceptors (Lipinski definition) is 7. The molecule has 0 radical (unpaired) electrons. The van der Waals surface area contributed by atoms with E-state index in [2.05, 4.69) is 36.3 Å². The van der Waals surface area contributed by atoms with Crippen LogP contribution in [0, 0.1) is 5.92 Å². The number of rotatable bonds is 4. The number of nitrogens with two attached hydrogens (primary N) is 1. The van der Waals surface area contributed by atoms with E-state index in [1.54, 1.807) is 17.4 Å². The summed E-state index contributed by atoms with van der Waals surface area (Å²) in [5, 5.41) is 9.08. The van der Waals surface area contributed by atoms with E-state index < -0.39 is 0 Å². The van der Waals surface area contributed by atoms with E-state index in [0.29, 0.717) is 22.8 Å². The molecule has 2 atom stereocenters. The van der Waals surface area contributed by atoms with Crippen LogP contribution in [0.3, 0.4) is 0 Å². The van der Waals surface area contributed by atoms with Gasteiger partial charge in [-0.25, -0.2) is 9.97 Å². The topological polar surface area (TPSA) is 96.5 Å². The minimum Gasteiger partial charge on any atom is -0.381 e. The highest BCUT2D eigenvalue weighted by molar-refractivity contribution is 9.10. The number of carbonyl (C=O) groups excluding carboxylic acids is 1. The molecule has 2 aliphatic heterocycles. The normalized spacial score (nSPS) is 22.9. The van der Waals surface area contributed by atoms with Crippen molar-refractivity contribution in [2.24, 2.45) is 11.0 Å². The number of anilines is 2. The third-order valence-corrected chi connectivity index (χ3v) is 3.67. The summed E-state index contributed by atoms with van der Waals surface area (Å²) < 4.78 is 0.615. The van der Waals surface area contributed by atoms with Crippen LogP contribution in [0.2, 0.25) is 0 Å². The Kier molecular flexibility index (Phi) is 3.70. The maximum atomic E-state index is 11.0. The van der Waals surface area contributed by atoms with Gasteiger partial charge in [0.05, 0.1) is 18.2 Å². The smallest absolute Gasteiger partial charge is 0.170 e. The first-order valence-electron chi connectivity index (χ1n) is 6.36. The van der Waals surface area contributed by atoms with Gasteiger partial charge in [0, 0.05) is 19.0 Å². The lowest BCUT2D eigenvalue weighted by Gasteiger charge is -2.24. The number of aromatic nitrogens is 2. The van der Waals surface area contributed by atoms with Gasteiger partial charge in [-0.2, -0.15) is 5.10 Å². The van der Waals surface area contributed by atoms with Crippen molar-refractivity contribution in [3.05, 3.63) is 34.7 Å². The fourth-order valence-corrected chi connectivity index (χ4v) is 2.47. The van der Waals surface area contributed by atoms with Crippen molar-refractivity contribution >= 4 is 40.1 Å². The third kappa shape index (κ3) is 2.80. The van der Waals surface area contributed by atoms with Crippen molar-refractivity contribution in [3.8, 4) is 0 Å². The molecule has 2 unspecified atom stereocenters. The Hall–Kier alpha value is -2.22. The lowest BCUT2D eigenvalue weighted by Crippen LogP contribution is -2.30. The second-order valence-electron chi connectivity index (χ2n) is 4.69. The van der Waals surface area contributed by atoms with Crippen LogP contribution >= 0.6 is 15.9 Å². The molecule has 0 bridgehead atoms. The van der Waals surface area contributed by atoms with Gasteiger partial charge in [0.1, 0.15) is 10.9 Å². The van der Waals surface area contributed by atoms with Crippen LogP contribution in [-0.2, 0) is 4.79 Å². The van der Waals surface area contributed by atoms with E-state index in [1.807, 2.05) is 18.4 Å². The van der Waals surface area contributed by atoms with Gasteiger partial charge in [0.15, 0.2) is 11.6 Å². The number of carbonyl (C=O) groups is 1. The number of halogens is 1. The highest BCUT2D eigenvalue weighted by Crippen LogP contribution is 2.24. The van der Waals surface area contributed by atoms with Gasteiger partial charge in [0.2, 0.25) is 0 Å². The maximum absolute atomic E-state index is 11.0. The standard InChI is InChI=1S/C13H13BrN6O/c14-11-6-16-12(15)13(19-11)17-4-8-1-2-20-10(3-8)9(7-21)5-18-20/h1-3,5-7,9-10H,4H2,(H2,15,16)(H,17,19). The number of nitrogens with zero attached hydrogens (tertiary/aromatic N) is 4. The van der Waals surface area contributed by atoms with Crippen molar-refractivity contribution in [1.82, 2.24) is 15.0 Å². The van der Waals surface area contributed by atoms with E-state index >= 15 is 0 Å². The zero-order chi connectivity index (χ0) is 14.8. The Morgan fingerprint density at radius 3 is 3.19 bits per heavy atom. The molecule has 8 heteroatoms. The van der Waals surface area contributed by atoms with Crippen LogP contribution in [0.1, 0.15) is 0 Å². The summed E-state index contributed by atoms with van der Waals surface area (Å²) in [7, 11) is 0. The zero-order valence-corrected chi connectivity index (χ0v) is 12.6. The summed E-state index contributed by atoms with van der Waals surface area (Å²) in [6.07, 6.45) is 9.93. The fraction of sp³-hybridized carbons (Fsp3) is 0.231. The SMILES string of the molecule is Nc1ncc(Br)nc1NCC1=CC2C(C=O)C=NN2C=C1. The van der Waals surface area contributed by atoms with Gasteiger partial charge in [-0.05, 0) is 27.6 Å². The van der Waals surface area contributed by atoms with E-state index in [9.17, 15) is 4.79 Å². The Morgan fingerprint density at radius 2 is 2.38 bits per heavy atom. The van der Waals surface area contributed by atoms with E-state index in [-0.39, 0.29) is 12.0 Å². The Balaban J connectivity index is 1.70. The number of hydrogen-bond donors (Lipinski definition) is 2. The highest BCUT2D eigenvalue weighted by Gasteiger charge is 2.29. The van der Waals surface area contributed by atoms with Crippen LogP contribution < -0.4 is 11.1 Å². The van der Waals surface area contributed by atoms with Crippen LogP contribution in [0.5, 0.6) is 0 Å². The minimum absolute atomic E-state index is 0.0461. The molecule has 0 saturated heterocycles. The van der Waals surface area contributed by atoms with Gasteiger partial charge in [-0.1, -0.05) is 6.08 Å². The summed E-state index contributed by atoms with van der Waals surface area (Å²) in [5.41, 5.74) is 6.80. The predicted molar refractivity (Wildman–Crippen MR) is 83.5 cm³/mol. The summed E-state index contributed by atoms with van der Waals surface area (Å²) in [6, 6.07) is -0.0461. The molecule has 0 aliphatic carbocycles. The molecule has 7 nitrogen and oxygen atoms in total. The molecule has 3 N–H and O–H groups in total. The second kappa shape index (κ2) is 5.65. The first kappa shape index (κ1) is 13.7. The number of nitrogen functional groups attached to an aromatic ring is 1. The second-order valence-corrected chi connectivity index (χ2v) is 5.50. The van der Waals surface area contributed by atoms with Crippen molar-refractivity contribution < 1.29 is 4.79 Å².